The average Bonchev–Trinajstić information content (AvgIpc) is 3.33. The fraction of sp³-hybridized carbons (Fsp3) is 0.500. The first-order valence-corrected chi connectivity index (χ1v) is 11.5. The average molecular weight is 474 g/mol. The molecular weight excluding hydrogens is 443 g/mol. The third kappa shape index (κ3) is 6.28. The number of nitriles is 1. The molecule has 1 aromatic carbocycles. The molecule has 1 aliphatic carbocycles. The smallest absolute Gasteiger partial charge is 0.417 e. The molecule has 182 valence electrons. The van der Waals surface area contributed by atoms with Crippen molar-refractivity contribution in [3.63, 3.8) is 0 Å². The zero-order valence-electron chi connectivity index (χ0n) is 19.7. The lowest BCUT2D eigenvalue weighted by atomic mass is 9.78. The van der Waals surface area contributed by atoms with Crippen molar-refractivity contribution < 1.29 is 22.7 Å². The highest BCUT2D eigenvalue weighted by Gasteiger charge is 2.35. The van der Waals surface area contributed by atoms with Crippen LogP contribution in [0.25, 0.3) is 0 Å². The standard InChI is InChI=1S/C26H30F3N3O2/c1-17(19-8-4-5-9-19)22(20-10-6-7-18(13-20)14-30)16-32-24(33)25(2,3)34-23-12-11-21(15-31-23)26(27,28)29/h6-7,10-13,15,17,19,22H,4-5,8-9,16H2,1-3H3,(H,32,33). The molecule has 34 heavy (non-hydrogen) atoms. The normalized spacial score (nSPS) is 16.5. The summed E-state index contributed by atoms with van der Waals surface area (Å²) in [6.07, 6.45) is 0.896. The molecule has 2 atom stereocenters. The van der Waals surface area contributed by atoms with E-state index in [0.717, 1.165) is 30.5 Å². The van der Waals surface area contributed by atoms with Crippen LogP contribution in [0.2, 0.25) is 0 Å². The van der Waals surface area contributed by atoms with Gasteiger partial charge in [-0.1, -0.05) is 44.7 Å². The van der Waals surface area contributed by atoms with E-state index in [2.05, 4.69) is 23.3 Å². The molecule has 0 aliphatic heterocycles. The predicted molar refractivity (Wildman–Crippen MR) is 122 cm³/mol. The molecule has 1 amide bonds. The summed E-state index contributed by atoms with van der Waals surface area (Å²) in [6.45, 7) is 5.65. The van der Waals surface area contributed by atoms with Crippen LogP contribution in [0.15, 0.2) is 42.6 Å². The molecular formula is C26H30F3N3O2. The lowest BCUT2D eigenvalue weighted by Crippen LogP contribution is -2.48. The van der Waals surface area contributed by atoms with Crippen molar-refractivity contribution in [2.45, 2.75) is 64.1 Å². The zero-order valence-corrected chi connectivity index (χ0v) is 19.7. The van der Waals surface area contributed by atoms with E-state index < -0.39 is 23.2 Å². The number of nitrogens with zero attached hydrogens (tertiary/aromatic N) is 2. The van der Waals surface area contributed by atoms with Crippen molar-refractivity contribution in [2.75, 3.05) is 6.54 Å². The lowest BCUT2D eigenvalue weighted by molar-refractivity contribution is -0.138. The molecule has 1 aromatic heterocycles. The zero-order chi connectivity index (χ0) is 24.9. The van der Waals surface area contributed by atoms with Crippen LogP contribution in [-0.2, 0) is 11.0 Å². The van der Waals surface area contributed by atoms with Crippen molar-refractivity contribution in [3.8, 4) is 11.9 Å². The van der Waals surface area contributed by atoms with Gasteiger partial charge in [0.25, 0.3) is 5.91 Å². The van der Waals surface area contributed by atoms with E-state index in [1.54, 1.807) is 19.9 Å². The molecule has 0 spiro atoms. The number of benzene rings is 1. The van der Waals surface area contributed by atoms with Gasteiger partial charge in [0, 0.05) is 24.7 Å². The van der Waals surface area contributed by atoms with Crippen LogP contribution in [0.1, 0.15) is 69.1 Å². The van der Waals surface area contributed by atoms with Crippen molar-refractivity contribution in [1.82, 2.24) is 10.3 Å². The molecule has 1 N–H and O–H groups in total. The van der Waals surface area contributed by atoms with Gasteiger partial charge >= 0.3 is 6.18 Å². The minimum absolute atomic E-state index is 0.0142. The van der Waals surface area contributed by atoms with Crippen molar-refractivity contribution in [1.29, 1.82) is 5.26 Å². The number of rotatable bonds is 8. The van der Waals surface area contributed by atoms with Crippen LogP contribution in [0, 0.1) is 23.2 Å². The van der Waals surface area contributed by atoms with Crippen molar-refractivity contribution >= 4 is 5.91 Å². The Hall–Kier alpha value is -3.08. The second-order valence-electron chi connectivity index (χ2n) is 9.45. The molecule has 8 heteroatoms. The highest BCUT2D eigenvalue weighted by Crippen LogP contribution is 2.39. The Morgan fingerprint density at radius 2 is 1.94 bits per heavy atom. The molecule has 1 fully saturated rings. The van der Waals surface area contributed by atoms with Crippen LogP contribution in [0.3, 0.4) is 0 Å². The molecule has 2 unspecified atom stereocenters. The Morgan fingerprint density at radius 3 is 2.53 bits per heavy atom. The number of carbonyl (C=O) groups is 1. The quantitative estimate of drug-likeness (QED) is 0.521. The fourth-order valence-electron chi connectivity index (χ4n) is 4.59. The monoisotopic (exact) mass is 473 g/mol. The molecule has 5 nitrogen and oxygen atoms in total. The number of amides is 1. The molecule has 0 radical (unpaired) electrons. The summed E-state index contributed by atoms with van der Waals surface area (Å²) in [7, 11) is 0. The van der Waals surface area contributed by atoms with Gasteiger partial charge in [0.05, 0.1) is 17.2 Å². The molecule has 0 bridgehead atoms. The summed E-state index contributed by atoms with van der Waals surface area (Å²) in [6, 6.07) is 11.6. The van der Waals surface area contributed by atoms with Gasteiger partial charge in [0.1, 0.15) is 0 Å². The Kier molecular flexibility index (Phi) is 7.86. The van der Waals surface area contributed by atoms with E-state index >= 15 is 0 Å². The highest BCUT2D eigenvalue weighted by molar-refractivity contribution is 5.84. The molecule has 2 aromatic rings. The summed E-state index contributed by atoms with van der Waals surface area (Å²) in [4.78, 5) is 16.7. The number of halogens is 3. The van der Waals surface area contributed by atoms with Crippen molar-refractivity contribution in [2.24, 2.45) is 11.8 Å². The van der Waals surface area contributed by atoms with Gasteiger partial charge in [0.15, 0.2) is 5.60 Å². The van der Waals surface area contributed by atoms with E-state index in [-0.39, 0.29) is 11.8 Å². The minimum Gasteiger partial charge on any atom is -0.462 e. The number of ether oxygens (including phenoxy) is 1. The van der Waals surface area contributed by atoms with Gasteiger partial charge in [-0.3, -0.25) is 4.79 Å². The summed E-state index contributed by atoms with van der Waals surface area (Å²) in [5.41, 5.74) is -0.653. The fourth-order valence-corrected chi connectivity index (χ4v) is 4.59. The maximum Gasteiger partial charge on any atom is 0.417 e. The number of nitrogens with one attached hydrogen (secondary N) is 1. The van der Waals surface area contributed by atoms with Crippen LogP contribution >= 0.6 is 0 Å². The first-order chi connectivity index (χ1) is 16.0. The summed E-state index contributed by atoms with van der Waals surface area (Å²) in [5, 5.41) is 12.3. The van der Waals surface area contributed by atoms with Crippen LogP contribution in [-0.4, -0.2) is 23.0 Å². The first kappa shape index (κ1) is 25.5. The molecule has 3 rings (SSSR count). The summed E-state index contributed by atoms with van der Waals surface area (Å²) < 4.78 is 43.9. The number of aromatic nitrogens is 1. The lowest BCUT2D eigenvalue weighted by Gasteiger charge is -2.31. The Balaban J connectivity index is 1.71. The van der Waals surface area contributed by atoms with Gasteiger partial charge in [-0.15, -0.1) is 0 Å². The molecule has 1 saturated carbocycles. The number of hydrogen-bond acceptors (Lipinski definition) is 4. The Morgan fingerprint density at radius 1 is 1.24 bits per heavy atom. The van der Waals surface area contributed by atoms with E-state index in [4.69, 9.17) is 4.74 Å². The van der Waals surface area contributed by atoms with Gasteiger partial charge < -0.3 is 10.1 Å². The minimum atomic E-state index is -4.49. The predicted octanol–water partition coefficient (Wildman–Crippen LogP) is 5.86. The number of pyridine rings is 1. The summed E-state index contributed by atoms with van der Waals surface area (Å²) in [5.74, 6) is 0.408. The van der Waals surface area contributed by atoms with Gasteiger partial charge in [-0.25, -0.2) is 4.98 Å². The van der Waals surface area contributed by atoms with E-state index in [0.29, 0.717) is 30.1 Å². The highest BCUT2D eigenvalue weighted by atomic mass is 19.4. The molecule has 1 aliphatic rings. The van der Waals surface area contributed by atoms with E-state index in [9.17, 15) is 23.2 Å². The van der Waals surface area contributed by atoms with Gasteiger partial charge in [0.2, 0.25) is 5.88 Å². The van der Waals surface area contributed by atoms with Gasteiger partial charge in [-0.05, 0) is 49.4 Å². The molecule has 0 saturated heterocycles. The van der Waals surface area contributed by atoms with Crippen LogP contribution < -0.4 is 10.1 Å². The topological polar surface area (TPSA) is 75.0 Å². The number of hydrogen-bond donors (Lipinski definition) is 1. The first-order valence-electron chi connectivity index (χ1n) is 11.5. The number of alkyl halides is 3. The maximum absolute atomic E-state index is 13.0. The van der Waals surface area contributed by atoms with Gasteiger partial charge in [-0.2, -0.15) is 18.4 Å². The van der Waals surface area contributed by atoms with Crippen LogP contribution in [0.5, 0.6) is 5.88 Å². The van der Waals surface area contributed by atoms with Crippen LogP contribution in [0.4, 0.5) is 13.2 Å². The third-order valence-electron chi connectivity index (χ3n) is 6.67. The number of carbonyl (C=O) groups excluding carboxylic acids is 1. The second kappa shape index (κ2) is 10.5. The molecule has 1 heterocycles. The van der Waals surface area contributed by atoms with Crippen molar-refractivity contribution in [3.05, 3.63) is 59.3 Å². The largest absolute Gasteiger partial charge is 0.462 e. The maximum atomic E-state index is 13.0. The second-order valence-corrected chi connectivity index (χ2v) is 9.45. The van der Waals surface area contributed by atoms with E-state index in [1.165, 1.54) is 12.8 Å². The van der Waals surface area contributed by atoms with E-state index in [1.807, 2.05) is 18.2 Å². The Labute approximate surface area is 198 Å². The Bertz CT molecular complexity index is 1020. The summed E-state index contributed by atoms with van der Waals surface area (Å²) >= 11 is 0. The third-order valence-corrected chi connectivity index (χ3v) is 6.67. The SMILES string of the molecule is CC(C1CCCC1)C(CNC(=O)C(C)(C)Oc1ccc(C(F)(F)F)cn1)c1cccc(C#N)c1.